The molecule has 0 unspecified atom stereocenters. The second-order valence-corrected chi connectivity index (χ2v) is 7.03. The smallest absolute Gasteiger partial charge is 0.262 e. The van der Waals surface area contributed by atoms with Crippen LogP contribution >= 0.6 is 33.3 Å². The largest absolute Gasteiger partial charge is 0.438 e. The molecule has 0 spiro atoms. The molecule has 0 aliphatic heterocycles. The fourth-order valence-electron chi connectivity index (χ4n) is 1.21. The molecule has 7 heteroatoms. The lowest BCUT2D eigenvalue weighted by Gasteiger charge is -2.06. The van der Waals surface area contributed by atoms with Gasteiger partial charge in [0.1, 0.15) is 10.6 Å². The van der Waals surface area contributed by atoms with Crippen molar-refractivity contribution in [1.82, 2.24) is 4.98 Å². The van der Waals surface area contributed by atoms with Crippen molar-refractivity contribution in [2.24, 2.45) is 0 Å². The molecule has 0 aliphatic rings. The second kappa shape index (κ2) is 5.41. The molecular weight excluding hydrogens is 389 g/mol. The molecule has 18 heavy (non-hydrogen) atoms. The van der Waals surface area contributed by atoms with Gasteiger partial charge in [0, 0.05) is 16.7 Å². The Morgan fingerprint density at radius 2 is 1.89 bits per heavy atom. The summed E-state index contributed by atoms with van der Waals surface area (Å²) < 4.78 is 28.5. The van der Waals surface area contributed by atoms with Crippen molar-refractivity contribution in [3.8, 4) is 11.6 Å². The van der Waals surface area contributed by atoms with E-state index in [1.165, 1.54) is 12.1 Å². The first-order valence-electron chi connectivity index (χ1n) is 4.80. The predicted molar refractivity (Wildman–Crippen MR) is 76.5 cm³/mol. The Kier molecular flexibility index (Phi) is 4.08. The maximum atomic E-state index is 11.0. The average molecular weight is 396 g/mol. The van der Waals surface area contributed by atoms with Gasteiger partial charge in [-0.05, 0) is 40.8 Å². The summed E-state index contributed by atoms with van der Waals surface area (Å²) >= 11 is 2.14. The van der Waals surface area contributed by atoms with Crippen molar-refractivity contribution in [1.29, 1.82) is 0 Å². The summed E-state index contributed by atoms with van der Waals surface area (Å²) in [5.41, 5.74) is 0. The van der Waals surface area contributed by atoms with Crippen LogP contribution < -0.4 is 4.74 Å². The van der Waals surface area contributed by atoms with E-state index in [1.807, 2.05) is 18.2 Å². The molecule has 0 aliphatic carbocycles. The first kappa shape index (κ1) is 13.6. The molecule has 0 fully saturated rings. The number of halogens is 2. The Morgan fingerprint density at radius 1 is 1.17 bits per heavy atom. The van der Waals surface area contributed by atoms with Gasteiger partial charge in [0.25, 0.3) is 9.05 Å². The SMILES string of the molecule is O=S(=O)(Cl)c1ccc(Oc2ccccc2I)nc1. The molecule has 1 heterocycles. The summed E-state index contributed by atoms with van der Waals surface area (Å²) in [5, 5.41) is 0. The fourth-order valence-corrected chi connectivity index (χ4v) is 2.39. The zero-order chi connectivity index (χ0) is 13.2. The average Bonchev–Trinajstić information content (AvgIpc) is 2.32. The summed E-state index contributed by atoms with van der Waals surface area (Å²) in [5.74, 6) is 0.968. The number of hydrogen-bond donors (Lipinski definition) is 0. The van der Waals surface area contributed by atoms with E-state index in [-0.39, 0.29) is 4.90 Å². The molecule has 0 bridgehead atoms. The Labute approximate surface area is 123 Å². The number of rotatable bonds is 3. The summed E-state index contributed by atoms with van der Waals surface area (Å²) in [6, 6.07) is 10.2. The summed E-state index contributed by atoms with van der Waals surface area (Å²) in [6.45, 7) is 0. The maximum Gasteiger partial charge on any atom is 0.262 e. The van der Waals surface area contributed by atoms with Crippen LogP contribution in [0.25, 0.3) is 0 Å². The molecule has 0 atom stereocenters. The molecule has 0 radical (unpaired) electrons. The molecule has 2 aromatic rings. The van der Waals surface area contributed by atoms with Crippen molar-refractivity contribution >= 4 is 42.3 Å². The van der Waals surface area contributed by atoms with Crippen LogP contribution in [0.3, 0.4) is 0 Å². The van der Waals surface area contributed by atoms with Gasteiger partial charge in [-0.1, -0.05) is 12.1 Å². The number of ether oxygens (including phenoxy) is 1. The Bertz CT molecular complexity index is 658. The first-order valence-corrected chi connectivity index (χ1v) is 8.19. The Hall–Kier alpha value is -0.860. The van der Waals surface area contributed by atoms with Gasteiger partial charge in [0.15, 0.2) is 0 Å². The van der Waals surface area contributed by atoms with E-state index >= 15 is 0 Å². The van der Waals surface area contributed by atoms with Crippen LogP contribution in [0, 0.1) is 3.57 Å². The van der Waals surface area contributed by atoms with Crippen LogP contribution in [0.2, 0.25) is 0 Å². The quantitative estimate of drug-likeness (QED) is 0.590. The van der Waals surface area contributed by atoms with E-state index in [1.54, 1.807) is 6.07 Å². The highest BCUT2D eigenvalue weighted by Gasteiger charge is 2.10. The van der Waals surface area contributed by atoms with E-state index < -0.39 is 9.05 Å². The minimum Gasteiger partial charge on any atom is -0.438 e. The van der Waals surface area contributed by atoms with Gasteiger partial charge in [-0.25, -0.2) is 13.4 Å². The van der Waals surface area contributed by atoms with Crippen LogP contribution in [-0.2, 0) is 9.05 Å². The topological polar surface area (TPSA) is 56.3 Å². The van der Waals surface area contributed by atoms with Crippen molar-refractivity contribution in [3.05, 3.63) is 46.2 Å². The predicted octanol–water partition coefficient (Wildman–Crippen LogP) is 3.41. The summed E-state index contributed by atoms with van der Waals surface area (Å²) in [4.78, 5) is 3.84. The zero-order valence-electron chi connectivity index (χ0n) is 8.88. The Balaban J connectivity index is 2.24. The van der Waals surface area contributed by atoms with Gasteiger partial charge >= 0.3 is 0 Å². The second-order valence-electron chi connectivity index (χ2n) is 3.30. The minimum atomic E-state index is -3.75. The molecule has 2 rings (SSSR count). The molecular formula is C11H7ClINO3S. The number of nitrogens with zero attached hydrogens (tertiary/aromatic N) is 1. The highest BCUT2D eigenvalue weighted by Crippen LogP contribution is 2.25. The molecule has 0 saturated heterocycles. The van der Waals surface area contributed by atoms with E-state index in [9.17, 15) is 8.42 Å². The van der Waals surface area contributed by atoms with Crippen molar-refractivity contribution in [3.63, 3.8) is 0 Å². The number of para-hydroxylation sites is 1. The van der Waals surface area contributed by atoms with Gasteiger partial charge in [-0.15, -0.1) is 0 Å². The lowest BCUT2D eigenvalue weighted by atomic mass is 10.3. The summed E-state index contributed by atoms with van der Waals surface area (Å²) in [7, 11) is 1.44. The molecule has 0 N–H and O–H groups in total. The van der Waals surface area contributed by atoms with Crippen molar-refractivity contribution < 1.29 is 13.2 Å². The van der Waals surface area contributed by atoms with Crippen LogP contribution in [0.4, 0.5) is 0 Å². The van der Waals surface area contributed by atoms with Crippen LogP contribution in [0.15, 0.2) is 47.5 Å². The highest BCUT2D eigenvalue weighted by atomic mass is 127. The standard InChI is InChI=1S/C11H7ClINO3S/c12-18(15,16)8-5-6-11(14-7-8)17-10-4-2-1-3-9(10)13/h1-7H. The van der Waals surface area contributed by atoms with Crippen LogP contribution in [0.1, 0.15) is 0 Å². The minimum absolute atomic E-state index is 0.0562. The molecule has 0 saturated carbocycles. The van der Waals surface area contributed by atoms with Gasteiger partial charge in [-0.2, -0.15) is 0 Å². The van der Waals surface area contributed by atoms with Crippen LogP contribution in [0.5, 0.6) is 11.6 Å². The number of hydrogen-bond acceptors (Lipinski definition) is 4. The van der Waals surface area contributed by atoms with Crippen LogP contribution in [-0.4, -0.2) is 13.4 Å². The third-order valence-electron chi connectivity index (χ3n) is 2.04. The highest BCUT2D eigenvalue weighted by molar-refractivity contribution is 14.1. The van der Waals surface area contributed by atoms with Gasteiger partial charge < -0.3 is 4.74 Å². The molecule has 94 valence electrons. The normalized spacial score (nSPS) is 11.2. The molecule has 0 amide bonds. The first-order chi connectivity index (χ1) is 8.47. The summed E-state index contributed by atoms with van der Waals surface area (Å²) in [6.07, 6.45) is 1.16. The monoisotopic (exact) mass is 395 g/mol. The maximum absolute atomic E-state index is 11.0. The molecule has 1 aromatic heterocycles. The number of pyridine rings is 1. The lowest BCUT2D eigenvalue weighted by Crippen LogP contribution is -1.94. The van der Waals surface area contributed by atoms with Gasteiger partial charge in [0.2, 0.25) is 5.88 Å². The van der Waals surface area contributed by atoms with E-state index in [0.29, 0.717) is 11.6 Å². The lowest BCUT2D eigenvalue weighted by molar-refractivity contribution is 0.459. The molecule has 4 nitrogen and oxygen atoms in total. The molecule has 1 aromatic carbocycles. The van der Waals surface area contributed by atoms with E-state index in [0.717, 1.165) is 9.77 Å². The van der Waals surface area contributed by atoms with Gasteiger partial charge in [0.05, 0.1) is 9.77 Å². The van der Waals surface area contributed by atoms with E-state index in [4.69, 9.17) is 15.4 Å². The van der Waals surface area contributed by atoms with Crippen molar-refractivity contribution in [2.45, 2.75) is 4.90 Å². The number of benzene rings is 1. The third-order valence-corrected chi connectivity index (χ3v) is 4.27. The van der Waals surface area contributed by atoms with E-state index in [2.05, 4.69) is 27.6 Å². The van der Waals surface area contributed by atoms with Gasteiger partial charge in [-0.3, -0.25) is 0 Å². The van der Waals surface area contributed by atoms with Crippen molar-refractivity contribution in [2.75, 3.05) is 0 Å². The Morgan fingerprint density at radius 3 is 2.44 bits per heavy atom. The third kappa shape index (κ3) is 3.33. The fraction of sp³-hybridized carbons (Fsp3) is 0. The number of aromatic nitrogens is 1. The zero-order valence-corrected chi connectivity index (χ0v) is 12.6.